The molecule has 0 spiro atoms. The van der Waals surface area contributed by atoms with Crippen molar-refractivity contribution in [3.63, 3.8) is 0 Å². The summed E-state index contributed by atoms with van der Waals surface area (Å²) < 4.78 is 5.31. The molecular formula is C14H17Cl2NO2. The van der Waals surface area contributed by atoms with Crippen LogP contribution in [0.15, 0.2) is 18.2 Å². The average Bonchev–Trinajstić information content (AvgIpc) is 2.44. The molecule has 0 bridgehead atoms. The third kappa shape index (κ3) is 3.11. The summed E-state index contributed by atoms with van der Waals surface area (Å²) >= 11 is 12.1. The number of rotatable bonds is 4. The van der Waals surface area contributed by atoms with Gasteiger partial charge in [-0.25, -0.2) is 0 Å². The molecule has 1 saturated heterocycles. The zero-order chi connectivity index (χ0) is 13.9. The SMILES string of the molecule is NCC1(C(=O)Cc2cccc(Cl)c2Cl)CCOCC1. The lowest BCUT2D eigenvalue weighted by atomic mass is 9.74. The smallest absolute Gasteiger partial charge is 0.144 e. The third-order valence-electron chi connectivity index (χ3n) is 3.81. The van der Waals surface area contributed by atoms with Gasteiger partial charge in [-0.3, -0.25) is 4.79 Å². The maximum atomic E-state index is 12.5. The number of nitrogens with two attached hydrogens (primary N) is 1. The van der Waals surface area contributed by atoms with E-state index in [1.807, 2.05) is 6.07 Å². The molecule has 3 nitrogen and oxygen atoms in total. The lowest BCUT2D eigenvalue weighted by molar-refractivity contribution is -0.132. The number of carbonyl (C=O) groups excluding carboxylic acids is 1. The first-order valence-corrected chi connectivity index (χ1v) is 7.09. The van der Waals surface area contributed by atoms with Gasteiger partial charge in [0.15, 0.2) is 0 Å². The van der Waals surface area contributed by atoms with Crippen LogP contribution in [0, 0.1) is 5.41 Å². The molecule has 1 aromatic rings. The highest BCUT2D eigenvalue weighted by Crippen LogP contribution is 2.33. The highest BCUT2D eigenvalue weighted by molar-refractivity contribution is 6.42. The first-order chi connectivity index (χ1) is 9.09. The minimum Gasteiger partial charge on any atom is -0.381 e. The number of ether oxygens (including phenoxy) is 1. The van der Waals surface area contributed by atoms with Crippen LogP contribution in [0.2, 0.25) is 10.0 Å². The second kappa shape index (κ2) is 6.23. The Labute approximate surface area is 123 Å². The molecule has 104 valence electrons. The van der Waals surface area contributed by atoms with Gasteiger partial charge in [0.25, 0.3) is 0 Å². The van der Waals surface area contributed by atoms with E-state index in [4.69, 9.17) is 33.7 Å². The van der Waals surface area contributed by atoms with Crippen LogP contribution in [0.25, 0.3) is 0 Å². The number of hydrogen-bond acceptors (Lipinski definition) is 3. The van der Waals surface area contributed by atoms with Gasteiger partial charge in [0.2, 0.25) is 0 Å². The van der Waals surface area contributed by atoms with Crippen molar-refractivity contribution in [2.24, 2.45) is 11.1 Å². The molecule has 19 heavy (non-hydrogen) atoms. The molecular weight excluding hydrogens is 285 g/mol. The van der Waals surface area contributed by atoms with Crippen LogP contribution in [0.3, 0.4) is 0 Å². The number of hydrogen-bond donors (Lipinski definition) is 1. The summed E-state index contributed by atoms with van der Waals surface area (Å²) in [6.07, 6.45) is 1.64. The normalized spacial score (nSPS) is 18.3. The molecule has 0 aromatic heterocycles. The molecule has 0 amide bonds. The minimum absolute atomic E-state index is 0.127. The zero-order valence-corrected chi connectivity index (χ0v) is 12.1. The van der Waals surface area contributed by atoms with Gasteiger partial charge in [-0.1, -0.05) is 35.3 Å². The van der Waals surface area contributed by atoms with Gasteiger partial charge in [-0.2, -0.15) is 0 Å². The predicted molar refractivity (Wildman–Crippen MR) is 76.7 cm³/mol. The van der Waals surface area contributed by atoms with Gasteiger partial charge in [0, 0.05) is 31.6 Å². The Kier molecular flexibility index (Phi) is 4.85. The fraction of sp³-hybridized carbons (Fsp3) is 0.500. The molecule has 1 aromatic carbocycles. The van der Waals surface area contributed by atoms with Crippen molar-refractivity contribution in [2.45, 2.75) is 19.3 Å². The number of carbonyl (C=O) groups is 1. The Hall–Kier alpha value is -0.610. The molecule has 0 radical (unpaired) electrons. The van der Waals surface area contributed by atoms with Gasteiger partial charge in [-0.15, -0.1) is 0 Å². The van der Waals surface area contributed by atoms with Crippen LogP contribution in [0.1, 0.15) is 18.4 Å². The largest absolute Gasteiger partial charge is 0.381 e. The maximum Gasteiger partial charge on any atom is 0.144 e. The number of Topliss-reactive ketones (excluding diaryl/α,β-unsaturated/α-hetero) is 1. The molecule has 1 aliphatic rings. The minimum atomic E-state index is -0.468. The van der Waals surface area contributed by atoms with Crippen LogP contribution < -0.4 is 5.73 Å². The van der Waals surface area contributed by atoms with Crippen LogP contribution in [-0.2, 0) is 16.0 Å². The van der Waals surface area contributed by atoms with Gasteiger partial charge in [0.05, 0.1) is 10.0 Å². The van der Waals surface area contributed by atoms with Crippen LogP contribution in [0.4, 0.5) is 0 Å². The predicted octanol–water partition coefficient (Wildman–Crippen LogP) is 2.86. The third-order valence-corrected chi connectivity index (χ3v) is 4.67. The Morgan fingerprint density at radius 1 is 1.32 bits per heavy atom. The summed E-state index contributed by atoms with van der Waals surface area (Å²) in [5, 5.41) is 0.928. The van der Waals surface area contributed by atoms with E-state index in [-0.39, 0.29) is 12.2 Å². The molecule has 1 fully saturated rings. The molecule has 2 rings (SSSR count). The summed E-state index contributed by atoms with van der Waals surface area (Å²) in [6, 6.07) is 5.34. The first-order valence-electron chi connectivity index (χ1n) is 6.33. The van der Waals surface area contributed by atoms with Gasteiger partial charge < -0.3 is 10.5 Å². The Balaban J connectivity index is 2.17. The summed E-state index contributed by atoms with van der Waals surface area (Å²) in [5.41, 5.74) is 6.12. The van der Waals surface area contributed by atoms with Gasteiger partial charge in [-0.05, 0) is 24.5 Å². The Morgan fingerprint density at radius 2 is 2.00 bits per heavy atom. The molecule has 5 heteroatoms. The molecule has 0 aliphatic carbocycles. The van der Waals surface area contributed by atoms with E-state index < -0.39 is 5.41 Å². The van der Waals surface area contributed by atoms with E-state index in [2.05, 4.69) is 0 Å². The summed E-state index contributed by atoms with van der Waals surface area (Å²) in [7, 11) is 0. The lowest BCUT2D eigenvalue weighted by Crippen LogP contribution is -2.44. The number of ketones is 1. The van der Waals surface area contributed by atoms with Crippen molar-refractivity contribution in [1.82, 2.24) is 0 Å². The molecule has 1 heterocycles. The van der Waals surface area contributed by atoms with E-state index >= 15 is 0 Å². The molecule has 1 aliphatic heterocycles. The molecule has 0 atom stereocenters. The van der Waals surface area contributed by atoms with E-state index in [0.717, 1.165) is 5.56 Å². The van der Waals surface area contributed by atoms with E-state index in [1.165, 1.54) is 0 Å². The Morgan fingerprint density at radius 3 is 2.63 bits per heavy atom. The van der Waals surface area contributed by atoms with Crippen molar-refractivity contribution in [3.05, 3.63) is 33.8 Å². The monoisotopic (exact) mass is 301 g/mol. The second-order valence-corrected chi connectivity index (χ2v) is 5.69. The summed E-state index contributed by atoms with van der Waals surface area (Å²) in [5.74, 6) is 0.127. The van der Waals surface area contributed by atoms with Crippen molar-refractivity contribution in [2.75, 3.05) is 19.8 Å². The highest BCUT2D eigenvalue weighted by Gasteiger charge is 2.38. The second-order valence-electron chi connectivity index (χ2n) is 4.91. The zero-order valence-electron chi connectivity index (χ0n) is 10.6. The average molecular weight is 302 g/mol. The van der Waals surface area contributed by atoms with E-state index in [9.17, 15) is 4.79 Å². The quantitative estimate of drug-likeness (QED) is 0.930. The number of halogens is 2. The fourth-order valence-electron chi connectivity index (χ4n) is 2.40. The van der Waals surface area contributed by atoms with Crippen molar-refractivity contribution >= 4 is 29.0 Å². The van der Waals surface area contributed by atoms with Crippen molar-refractivity contribution < 1.29 is 9.53 Å². The number of benzene rings is 1. The molecule has 2 N–H and O–H groups in total. The van der Waals surface area contributed by atoms with E-state index in [1.54, 1.807) is 12.1 Å². The maximum absolute atomic E-state index is 12.5. The topological polar surface area (TPSA) is 52.3 Å². The first kappa shape index (κ1) is 14.8. The van der Waals surface area contributed by atoms with Crippen molar-refractivity contribution in [1.29, 1.82) is 0 Å². The molecule has 0 saturated carbocycles. The van der Waals surface area contributed by atoms with Gasteiger partial charge in [0.1, 0.15) is 5.78 Å². The Bertz CT molecular complexity index is 471. The fourth-order valence-corrected chi connectivity index (χ4v) is 2.79. The highest BCUT2D eigenvalue weighted by atomic mass is 35.5. The van der Waals surface area contributed by atoms with E-state index in [0.29, 0.717) is 42.6 Å². The van der Waals surface area contributed by atoms with Crippen LogP contribution >= 0.6 is 23.2 Å². The lowest BCUT2D eigenvalue weighted by Gasteiger charge is -2.34. The summed E-state index contributed by atoms with van der Waals surface area (Å²) in [4.78, 5) is 12.5. The summed E-state index contributed by atoms with van der Waals surface area (Å²) in [6.45, 7) is 1.53. The standard InChI is InChI=1S/C14H17Cl2NO2/c15-11-3-1-2-10(13(11)16)8-12(18)14(9-17)4-6-19-7-5-14/h1-3H,4-9,17H2. The van der Waals surface area contributed by atoms with Crippen LogP contribution in [0.5, 0.6) is 0 Å². The van der Waals surface area contributed by atoms with Gasteiger partial charge >= 0.3 is 0 Å². The van der Waals surface area contributed by atoms with Crippen LogP contribution in [-0.4, -0.2) is 25.5 Å². The van der Waals surface area contributed by atoms with Crippen molar-refractivity contribution in [3.8, 4) is 0 Å². The molecule has 0 unspecified atom stereocenters.